The second kappa shape index (κ2) is 8.82. The summed E-state index contributed by atoms with van der Waals surface area (Å²) in [5.74, 6) is 0. The first-order chi connectivity index (χ1) is 1.41. The van der Waals surface area contributed by atoms with Gasteiger partial charge in [0.2, 0.25) is 0 Å². The number of rotatable bonds is 0. The van der Waals surface area contributed by atoms with Crippen LogP contribution in [0.1, 0.15) is 0 Å². The first kappa shape index (κ1) is 9.13. The molecule has 4 heteroatoms. The van der Waals surface area contributed by atoms with E-state index < -0.39 is 0 Å². The van der Waals surface area contributed by atoms with Gasteiger partial charge in [0.15, 0.2) is 0 Å². The third-order valence-electron chi connectivity index (χ3n) is 0. The van der Waals surface area contributed by atoms with E-state index in [1.807, 2.05) is 0 Å². The van der Waals surface area contributed by atoms with E-state index in [0.717, 1.165) is 0 Å². The Kier molecular flexibility index (Phi) is 20.1. The second-order valence-corrected chi connectivity index (χ2v) is 1.57. The van der Waals surface area contributed by atoms with Gasteiger partial charge in [0.25, 0.3) is 0 Å². The third kappa shape index (κ3) is 9.54. The third-order valence-corrected chi connectivity index (χ3v) is 0. The molecule has 0 aromatic rings. The molecule has 1 radical (unpaired) electrons. The van der Waals surface area contributed by atoms with Crippen LogP contribution in [0, 0.1) is 0 Å². The van der Waals surface area contributed by atoms with E-state index in [9.17, 15) is 0 Å². The zero-order valence-electron chi connectivity index (χ0n) is 1.54. The first-order valence-electron chi connectivity index (χ1n) is 0.309. The largest absolute Gasteiger partial charge is 0.230 e. The smallest absolute Gasteiger partial charge is 0.115 e. The van der Waals surface area contributed by atoms with E-state index in [0.29, 0.717) is 0 Å². The standard InChI is InChI=1S/Br2O.Re/c1-3-2;. The molecule has 0 amide bonds. The van der Waals surface area contributed by atoms with Gasteiger partial charge < -0.3 is 0 Å². The maximum atomic E-state index is 3.88. The van der Waals surface area contributed by atoms with Gasteiger partial charge in [0.05, 0.1) is 0 Å². The van der Waals surface area contributed by atoms with Gasteiger partial charge in [0.1, 0.15) is 32.5 Å². The molecule has 0 aliphatic carbocycles. The van der Waals surface area contributed by atoms with Crippen molar-refractivity contribution < 1.29 is 23.3 Å². The predicted octanol–water partition coefficient (Wildman–Crippen LogP) is 1.62. The van der Waals surface area contributed by atoms with Crippen molar-refractivity contribution in [3.8, 4) is 0 Å². The molecule has 0 unspecified atom stereocenters. The summed E-state index contributed by atoms with van der Waals surface area (Å²) in [6, 6.07) is 0. The maximum Gasteiger partial charge on any atom is 0.115 e. The summed E-state index contributed by atoms with van der Waals surface area (Å²) >= 11 is 5.12. The van der Waals surface area contributed by atoms with Crippen molar-refractivity contribution in [2.45, 2.75) is 0 Å². The SMILES string of the molecule is BrOBr.[Re]. The van der Waals surface area contributed by atoms with Crippen molar-refractivity contribution >= 4 is 32.5 Å². The Morgan fingerprint density at radius 2 is 1.25 bits per heavy atom. The van der Waals surface area contributed by atoms with Crippen molar-refractivity contribution in [3.05, 3.63) is 0 Å². The molecule has 4 heavy (non-hydrogen) atoms. The van der Waals surface area contributed by atoms with Gasteiger partial charge in [-0.1, -0.05) is 0 Å². The Labute approximate surface area is 55.7 Å². The first-order valence-corrected chi connectivity index (χ1v) is 1.60. The molecule has 0 aliphatic heterocycles. The Morgan fingerprint density at radius 3 is 1.25 bits per heavy atom. The normalized spacial score (nSPS) is 4.50. The molecule has 0 saturated carbocycles. The van der Waals surface area contributed by atoms with Crippen molar-refractivity contribution in [1.82, 2.24) is 0 Å². The molecule has 0 spiro atoms. The van der Waals surface area contributed by atoms with E-state index >= 15 is 0 Å². The van der Waals surface area contributed by atoms with E-state index in [-0.39, 0.29) is 20.4 Å². The molecule has 0 aliphatic rings. The van der Waals surface area contributed by atoms with Gasteiger partial charge in [-0.05, 0) is 0 Å². The molecule has 0 fully saturated rings. The van der Waals surface area contributed by atoms with Gasteiger partial charge in [-0.25, -0.2) is 2.92 Å². The van der Waals surface area contributed by atoms with Crippen molar-refractivity contribution in [2.75, 3.05) is 0 Å². The number of hydrogen-bond donors (Lipinski definition) is 0. The summed E-state index contributed by atoms with van der Waals surface area (Å²) in [6.07, 6.45) is 0. The molecule has 27 valence electrons. The van der Waals surface area contributed by atoms with Crippen LogP contribution in [0.25, 0.3) is 0 Å². The zero-order chi connectivity index (χ0) is 2.71. The van der Waals surface area contributed by atoms with Crippen molar-refractivity contribution in [2.24, 2.45) is 0 Å². The summed E-state index contributed by atoms with van der Waals surface area (Å²) in [5.41, 5.74) is 0. The van der Waals surface area contributed by atoms with Crippen LogP contribution in [0.15, 0.2) is 0 Å². The fourth-order valence-corrected chi connectivity index (χ4v) is 0. The Morgan fingerprint density at radius 1 is 1.25 bits per heavy atom. The molecule has 0 saturated heterocycles. The van der Waals surface area contributed by atoms with Crippen LogP contribution >= 0.6 is 32.5 Å². The monoisotopic (exact) mass is 361 g/mol. The minimum absolute atomic E-state index is 0. The van der Waals surface area contributed by atoms with E-state index in [1.54, 1.807) is 0 Å². The molecule has 0 atom stereocenters. The fraction of sp³-hybridized carbons (Fsp3) is 0. The van der Waals surface area contributed by atoms with Gasteiger partial charge >= 0.3 is 0 Å². The Hall–Kier alpha value is 1.58. The van der Waals surface area contributed by atoms with Crippen molar-refractivity contribution in [3.63, 3.8) is 0 Å². The molecule has 0 aromatic heterocycles. The van der Waals surface area contributed by atoms with Crippen LogP contribution in [-0.4, -0.2) is 0 Å². The maximum absolute atomic E-state index is 3.88. The molecule has 0 rings (SSSR count). The van der Waals surface area contributed by atoms with Crippen molar-refractivity contribution in [1.29, 1.82) is 0 Å². The quantitative estimate of drug-likeness (QED) is 0.637. The van der Waals surface area contributed by atoms with E-state index in [4.69, 9.17) is 0 Å². The molecular formula is Br2ORe. The van der Waals surface area contributed by atoms with Crippen LogP contribution in [0.4, 0.5) is 0 Å². The molecule has 0 aromatic carbocycles. The van der Waals surface area contributed by atoms with Crippen LogP contribution in [0.2, 0.25) is 0 Å². The van der Waals surface area contributed by atoms with Crippen LogP contribution in [0.3, 0.4) is 0 Å². The van der Waals surface area contributed by atoms with Crippen LogP contribution in [0.5, 0.6) is 0 Å². The zero-order valence-corrected chi connectivity index (χ0v) is 7.43. The average molecular weight is 362 g/mol. The minimum atomic E-state index is 0. The molecule has 1 nitrogen and oxygen atoms in total. The predicted molar refractivity (Wildman–Crippen MR) is 18.9 cm³/mol. The summed E-state index contributed by atoms with van der Waals surface area (Å²) in [6.45, 7) is 0. The van der Waals surface area contributed by atoms with E-state index in [2.05, 4.69) is 35.4 Å². The summed E-state index contributed by atoms with van der Waals surface area (Å²) in [4.78, 5) is 0. The number of hydrogen-bond acceptors (Lipinski definition) is 1. The molecule has 0 N–H and O–H groups in total. The van der Waals surface area contributed by atoms with Crippen LogP contribution < -0.4 is 0 Å². The second-order valence-electron chi connectivity index (χ2n) is 0.0583. The average Bonchev–Trinajstić information content (AvgIpc) is 0.918. The molecule has 0 heterocycles. The van der Waals surface area contributed by atoms with Crippen LogP contribution in [-0.2, 0) is 23.3 Å². The molecule has 0 bridgehead atoms. The topological polar surface area (TPSA) is 9.23 Å². The number of halogens is 2. The summed E-state index contributed by atoms with van der Waals surface area (Å²) in [7, 11) is 0. The fourth-order valence-electron chi connectivity index (χ4n) is 0. The summed E-state index contributed by atoms with van der Waals surface area (Å²) < 4.78 is 3.88. The van der Waals surface area contributed by atoms with E-state index in [1.165, 1.54) is 0 Å². The summed E-state index contributed by atoms with van der Waals surface area (Å²) in [5, 5.41) is 0. The van der Waals surface area contributed by atoms with Gasteiger partial charge in [-0.3, -0.25) is 0 Å². The van der Waals surface area contributed by atoms with Gasteiger partial charge in [0, 0.05) is 20.4 Å². The minimum Gasteiger partial charge on any atom is -0.230 e. The molecular weight excluding hydrogens is 362 g/mol. The van der Waals surface area contributed by atoms with Gasteiger partial charge in [-0.15, -0.1) is 0 Å². The Bertz CT molecular complexity index is 6.00. The van der Waals surface area contributed by atoms with Gasteiger partial charge in [-0.2, -0.15) is 0 Å². The Balaban J connectivity index is 0.